The summed E-state index contributed by atoms with van der Waals surface area (Å²) in [6.07, 6.45) is 7.05. The van der Waals surface area contributed by atoms with E-state index in [0.29, 0.717) is 18.5 Å². The number of carboxylic acid groups (broad SMARTS) is 1. The summed E-state index contributed by atoms with van der Waals surface area (Å²) < 4.78 is 0. The number of fused-ring (bicyclic) bond motifs is 1. The van der Waals surface area contributed by atoms with Gasteiger partial charge in [0.25, 0.3) is 0 Å². The fourth-order valence-corrected chi connectivity index (χ4v) is 9.99. The van der Waals surface area contributed by atoms with Crippen molar-refractivity contribution in [1.82, 2.24) is 0 Å². The number of carboxylic acids is 1. The Morgan fingerprint density at radius 3 is 2.53 bits per heavy atom. The van der Waals surface area contributed by atoms with Crippen LogP contribution in [-0.4, -0.2) is 28.1 Å². The van der Waals surface area contributed by atoms with Gasteiger partial charge in [0, 0.05) is 17.5 Å². The normalized spacial score (nSPS) is 42.4. The highest BCUT2D eigenvalue weighted by molar-refractivity contribution is 6.23. The fraction of sp³-hybridized carbons (Fsp3) is 0.633. The number of amides is 2. The molecule has 2 amide bonds. The smallest absolute Gasteiger partial charge is 0.309 e. The van der Waals surface area contributed by atoms with Crippen LogP contribution in [0.15, 0.2) is 35.9 Å². The summed E-state index contributed by atoms with van der Waals surface area (Å²) in [4.78, 5) is 42.1. The van der Waals surface area contributed by atoms with E-state index in [9.17, 15) is 29.9 Å². The number of anilines is 1. The zero-order valence-electron chi connectivity index (χ0n) is 22.6. The summed E-state index contributed by atoms with van der Waals surface area (Å²) in [6.45, 7) is 8.48. The molecule has 1 aromatic carbocycles. The molecular formula is C30H38N2O6. The molecule has 1 aromatic rings. The number of allylic oxidation sites excluding steroid dienone is 2. The highest BCUT2D eigenvalue weighted by atomic mass is 16.8. The molecule has 5 aliphatic carbocycles. The number of hydrogen-bond donors (Lipinski definition) is 3. The number of hydrogen-bond acceptors (Lipinski definition) is 5. The van der Waals surface area contributed by atoms with Crippen molar-refractivity contribution < 1.29 is 29.9 Å². The van der Waals surface area contributed by atoms with Crippen LogP contribution in [0.3, 0.4) is 0 Å². The van der Waals surface area contributed by atoms with Crippen molar-refractivity contribution in [2.75, 3.05) is 4.90 Å². The number of carbonyl (C=O) groups excluding carboxylic acids is 2. The van der Waals surface area contributed by atoms with E-state index in [1.807, 2.05) is 6.92 Å². The Hall–Kier alpha value is -2.55. The molecule has 4 fully saturated rings. The lowest BCUT2D eigenvalue weighted by molar-refractivity contribution is -0.991. The minimum Gasteiger partial charge on any atom is -0.595 e. The molecule has 1 saturated heterocycles. The maximum atomic E-state index is 14.3. The second-order valence-electron chi connectivity index (χ2n) is 13.4. The molecular weight excluding hydrogens is 484 g/mol. The molecule has 0 radical (unpaired) electrons. The average molecular weight is 523 g/mol. The molecule has 9 atom stereocenters. The number of rotatable bonds is 4. The number of nitrogens with one attached hydrogen (secondary N) is 1. The Kier molecular flexibility index (Phi) is 5.57. The molecule has 7 rings (SSSR count). The van der Waals surface area contributed by atoms with Crippen molar-refractivity contribution in [1.29, 1.82) is 0 Å². The van der Waals surface area contributed by atoms with Gasteiger partial charge in [-0.1, -0.05) is 44.9 Å². The van der Waals surface area contributed by atoms with E-state index >= 15 is 0 Å². The lowest BCUT2D eigenvalue weighted by Gasteiger charge is -2.68. The van der Waals surface area contributed by atoms with Gasteiger partial charge in [-0.2, -0.15) is 5.23 Å². The molecule has 3 saturated carbocycles. The number of nitrogens with zero attached hydrogens (tertiary/aromatic N) is 1. The summed E-state index contributed by atoms with van der Waals surface area (Å²) in [5.74, 6) is -1.78. The Bertz CT molecular complexity index is 1260. The van der Waals surface area contributed by atoms with Gasteiger partial charge in [0.05, 0.1) is 22.9 Å². The maximum Gasteiger partial charge on any atom is 0.309 e. The number of benzene rings is 1. The Morgan fingerprint density at radius 2 is 1.87 bits per heavy atom. The highest BCUT2D eigenvalue weighted by Gasteiger charge is 2.73. The molecule has 0 aromatic heterocycles. The molecule has 1 heterocycles. The van der Waals surface area contributed by atoms with Crippen LogP contribution < -0.4 is 10.1 Å². The largest absolute Gasteiger partial charge is 0.595 e. The van der Waals surface area contributed by atoms with Crippen LogP contribution in [0.4, 0.5) is 11.4 Å². The second-order valence-corrected chi connectivity index (χ2v) is 13.4. The Balaban J connectivity index is 1.48. The van der Waals surface area contributed by atoms with Crippen molar-refractivity contribution in [2.24, 2.45) is 51.8 Å². The van der Waals surface area contributed by atoms with Crippen LogP contribution in [0.1, 0.15) is 66.2 Å². The Morgan fingerprint density at radius 1 is 1.13 bits per heavy atom. The molecule has 2 bridgehead atoms. The fourth-order valence-electron chi connectivity index (χ4n) is 9.99. The summed E-state index contributed by atoms with van der Waals surface area (Å²) in [5.41, 5.74) is 0.112. The molecule has 3 N–H and O–H groups in total. The lowest BCUT2D eigenvalue weighted by Crippen LogP contribution is -2.99. The van der Waals surface area contributed by atoms with Crippen molar-refractivity contribution in [3.8, 4) is 0 Å². The number of imide groups is 1. The van der Waals surface area contributed by atoms with Gasteiger partial charge in [-0.15, -0.1) is 0 Å². The predicted octanol–water partition coefficient (Wildman–Crippen LogP) is 4.11. The van der Waals surface area contributed by atoms with Crippen LogP contribution in [0.2, 0.25) is 0 Å². The van der Waals surface area contributed by atoms with Gasteiger partial charge in [0.2, 0.25) is 11.8 Å². The van der Waals surface area contributed by atoms with Gasteiger partial charge < -0.3 is 10.3 Å². The summed E-state index contributed by atoms with van der Waals surface area (Å²) in [7, 11) is 0. The minimum atomic E-state index is -1.10. The molecule has 1 aliphatic heterocycles. The first kappa shape index (κ1) is 25.7. The van der Waals surface area contributed by atoms with Crippen LogP contribution >= 0.6 is 0 Å². The van der Waals surface area contributed by atoms with Gasteiger partial charge in [-0.05, 0) is 74.2 Å². The van der Waals surface area contributed by atoms with Gasteiger partial charge in [0.1, 0.15) is 0 Å². The third-order valence-electron chi connectivity index (χ3n) is 11.5. The minimum absolute atomic E-state index is 0.0288. The zero-order valence-corrected chi connectivity index (χ0v) is 22.6. The number of aliphatic carboxylic acids is 1. The monoisotopic (exact) mass is 522 g/mol. The zero-order chi connectivity index (χ0) is 27.4. The molecule has 5 unspecified atom stereocenters. The SMILES string of the molecule is CC(C)C1=CC23CCC4[C@](C)(CCC[C@@]4(C)C(=O)O)C2CC1[C@H]1C(=O)N(c2cccc([NH+]([O-])O)c2)C(=O)[C@H]13. The van der Waals surface area contributed by atoms with Crippen LogP contribution in [0, 0.1) is 57.0 Å². The first-order chi connectivity index (χ1) is 17.9. The first-order valence-electron chi connectivity index (χ1n) is 14.0. The highest BCUT2D eigenvalue weighted by Crippen LogP contribution is 2.74. The topological polar surface area (TPSA) is 122 Å². The van der Waals surface area contributed by atoms with Crippen molar-refractivity contribution in [3.63, 3.8) is 0 Å². The number of carbonyl (C=O) groups is 3. The molecule has 8 heteroatoms. The third kappa shape index (κ3) is 3.11. The van der Waals surface area contributed by atoms with Gasteiger partial charge in [-0.25, -0.2) is 10.1 Å². The van der Waals surface area contributed by atoms with E-state index in [1.54, 1.807) is 12.1 Å². The molecule has 8 nitrogen and oxygen atoms in total. The van der Waals surface area contributed by atoms with E-state index in [-0.39, 0.29) is 46.6 Å². The average Bonchev–Trinajstić information content (AvgIpc) is 3.15. The predicted molar refractivity (Wildman–Crippen MR) is 139 cm³/mol. The van der Waals surface area contributed by atoms with Crippen molar-refractivity contribution in [3.05, 3.63) is 41.1 Å². The summed E-state index contributed by atoms with van der Waals surface area (Å²) in [5, 5.41) is 30.3. The summed E-state index contributed by atoms with van der Waals surface area (Å²) in [6, 6.07) is 6.10. The molecule has 1 spiro atoms. The van der Waals surface area contributed by atoms with Crippen molar-refractivity contribution >= 4 is 29.2 Å². The maximum absolute atomic E-state index is 14.3. The van der Waals surface area contributed by atoms with Crippen molar-refractivity contribution in [2.45, 2.75) is 66.2 Å². The molecule has 204 valence electrons. The second kappa shape index (κ2) is 8.23. The molecule has 6 aliphatic rings. The van der Waals surface area contributed by atoms with Crippen LogP contribution in [0.25, 0.3) is 0 Å². The molecule has 38 heavy (non-hydrogen) atoms. The van der Waals surface area contributed by atoms with E-state index in [0.717, 1.165) is 25.7 Å². The van der Waals surface area contributed by atoms with Gasteiger partial charge >= 0.3 is 5.97 Å². The lowest BCUT2D eigenvalue weighted by atomic mass is 9.34. The first-order valence-corrected chi connectivity index (χ1v) is 14.0. The van der Waals surface area contributed by atoms with E-state index in [1.165, 1.54) is 22.6 Å². The van der Waals surface area contributed by atoms with Crippen LogP contribution in [-0.2, 0) is 14.4 Å². The van der Waals surface area contributed by atoms with E-state index < -0.39 is 33.9 Å². The van der Waals surface area contributed by atoms with E-state index in [4.69, 9.17) is 0 Å². The quantitative estimate of drug-likeness (QED) is 0.311. The van der Waals surface area contributed by atoms with E-state index in [2.05, 4.69) is 26.8 Å². The number of quaternary nitrogens is 1. The third-order valence-corrected chi connectivity index (χ3v) is 11.5. The standard InChI is InChI=1S/C30H38N2O6/c1-16(2)20-15-30-12-9-21-28(3,10-6-11-29(21,4)27(35)36)22(30)14-19(20)23-24(30)26(34)31(25(23)33)17-7-5-8-18(13-17)32(37)38/h5,7-8,13,15-16,19,21-24,32,37H,6,9-12,14H2,1-4H3,(H,35,36)/t19?,21?,22?,23-,24+,28+,29-,30?/m1/s1. The Labute approximate surface area is 223 Å². The van der Waals surface area contributed by atoms with Gasteiger partial charge in [0.15, 0.2) is 5.69 Å². The van der Waals surface area contributed by atoms with Crippen LogP contribution in [0.5, 0.6) is 0 Å². The van der Waals surface area contributed by atoms with Gasteiger partial charge in [-0.3, -0.25) is 14.4 Å². The summed E-state index contributed by atoms with van der Waals surface area (Å²) >= 11 is 0.